The molecule has 0 radical (unpaired) electrons. The van der Waals surface area contributed by atoms with Crippen molar-refractivity contribution in [1.29, 1.82) is 0 Å². The minimum atomic E-state index is -4.24. The van der Waals surface area contributed by atoms with Crippen molar-refractivity contribution in [3.05, 3.63) is 0 Å². The van der Waals surface area contributed by atoms with Crippen molar-refractivity contribution in [2.45, 2.75) is 47.3 Å². The number of carbonyl (C=O) groups excluding carboxylic acids is 2. The fourth-order valence-corrected chi connectivity index (χ4v) is 4.12. The van der Waals surface area contributed by atoms with E-state index in [2.05, 4.69) is 0 Å². The molecule has 0 spiro atoms. The first-order valence-electron chi connectivity index (χ1n) is 8.39. The summed E-state index contributed by atoms with van der Waals surface area (Å²) in [6.45, 7) is 7.80. The van der Waals surface area contributed by atoms with Crippen LogP contribution in [0.5, 0.6) is 0 Å². The van der Waals surface area contributed by atoms with Gasteiger partial charge >= 0.3 is 11.3 Å². The van der Waals surface area contributed by atoms with Gasteiger partial charge in [0.1, 0.15) is 0 Å². The van der Waals surface area contributed by atoms with E-state index in [0.717, 1.165) is 11.8 Å². The molecule has 0 rings (SSSR count). The molecule has 0 saturated carbocycles. The quantitative estimate of drug-likeness (QED) is 0.195. The lowest BCUT2D eigenvalue weighted by molar-refractivity contribution is -0.167. The maximum absolute atomic E-state index is 11.8. The van der Waals surface area contributed by atoms with Crippen molar-refractivity contribution in [2.75, 3.05) is 23.9 Å². The van der Waals surface area contributed by atoms with E-state index in [1.165, 1.54) is 6.92 Å². The zero-order chi connectivity index (χ0) is 22.2. The highest BCUT2D eigenvalue weighted by molar-refractivity contribution is 8.13. The molecule has 0 amide bonds. The largest absolute Gasteiger partial charge is 0.425 e. The summed E-state index contributed by atoms with van der Waals surface area (Å²) in [6, 6.07) is 0. The Morgan fingerprint density at radius 1 is 1.04 bits per heavy atom. The van der Waals surface area contributed by atoms with Crippen molar-refractivity contribution in [3.8, 4) is 0 Å². The lowest BCUT2D eigenvalue weighted by atomic mass is 9.98. The number of hydrogen-bond donors (Lipinski definition) is 1. The second-order valence-electron chi connectivity index (χ2n) is 7.14. The Morgan fingerprint density at radius 2 is 1.61 bits per heavy atom. The van der Waals surface area contributed by atoms with Gasteiger partial charge in [-0.15, -0.1) is 0 Å². The summed E-state index contributed by atoms with van der Waals surface area (Å²) in [5.74, 6) is -1.93. The van der Waals surface area contributed by atoms with Crippen LogP contribution in [0.2, 0.25) is 0 Å². The minimum Gasteiger partial charge on any atom is -0.425 e. The summed E-state index contributed by atoms with van der Waals surface area (Å²) < 4.78 is 68.0. The van der Waals surface area contributed by atoms with Crippen LogP contribution in [0.25, 0.3) is 0 Å². The van der Waals surface area contributed by atoms with Gasteiger partial charge in [-0.3, -0.25) is 13.5 Å². The molecule has 0 fully saturated rings. The van der Waals surface area contributed by atoms with Crippen LogP contribution in [0.4, 0.5) is 4.79 Å². The van der Waals surface area contributed by atoms with Crippen LogP contribution < -0.4 is 0 Å². The first-order valence-corrected chi connectivity index (χ1v) is 12.6. The van der Waals surface area contributed by atoms with Crippen molar-refractivity contribution in [3.63, 3.8) is 0 Å². The Bertz CT molecular complexity index is 725. The monoisotopic (exact) mass is 464 g/mol. The maximum atomic E-state index is 11.8. The summed E-state index contributed by atoms with van der Waals surface area (Å²) in [7, 11) is -8.21. The molecule has 0 bridgehead atoms. The Balaban J connectivity index is 4.35. The van der Waals surface area contributed by atoms with Crippen LogP contribution in [0.3, 0.4) is 0 Å². The second kappa shape index (κ2) is 11.3. The van der Waals surface area contributed by atoms with Gasteiger partial charge in [0.05, 0.1) is 24.0 Å². The fraction of sp³-hybridized carbons (Fsp3) is 0.867. The van der Waals surface area contributed by atoms with Gasteiger partial charge in [0.25, 0.3) is 20.2 Å². The van der Waals surface area contributed by atoms with E-state index in [-0.39, 0.29) is 24.7 Å². The van der Waals surface area contributed by atoms with E-state index in [1.807, 2.05) is 0 Å². The van der Waals surface area contributed by atoms with Crippen LogP contribution in [-0.2, 0) is 38.7 Å². The Morgan fingerprint density at radius 3 is 2.11 bits per heavy atom. The summed E-state index contributed by atoms with van der Waals surface area (Å²) in [6.07, 6.45) is -1.34. The van der Waals surface area contributed by atoms with Crippen LogP contribution in [-0.4, -0.2) is 62.8 Å². The predicted octanol–water partition coefficient (Wildman–Crippen LogP) is 2.05. The Labute approximate surface area is 170 Å². The third-order valence-electron chi connectivity index (χ3n) is 3.02. The molecular weight excluding hydrogens is 436 g/mol. The molecule has 0 aliphatic carbocycles. The van der Waals surface area contributed by atoms with Crippen LogP contribution in [0, 0.1) is 11.3 Å². The molecule has 1 unspecified atom stereocenters. The molecule has 28 heavy (non-hydrogen) atoms. The molecule has 0 aromatic carbocycles. The Kier molecular flexibility index (Phi) is 11.0. The molecule has 166 valence electrons. The van der Waals surface area contributed by atoms with Gasteiger partial charge in [0.15, 0.2) is 0 Å². The highest BCUT2D eigenvalue weighted by Crippen LogP contribution is 2.25. The molecule has 0 aliphatic heterocycles. The van der Waals surface area contributed by atoms with Crippen LogP contribution >= 0.6 is 11.8 Å². The van der Waals surface area contributed by atoms with Crippen molar-refractivity contribution < 1.29 is 44.6 Å². The molecule has 1 atom stereocenters. The van der Waals surface area contributed by atoms with Gasteiger partial charge < -0.3 is 9.47 Å². The fourth-order valence-electron chi connectivity index (χ4n) is 1.52. The number of carbonyl (C=O) groups is 2. The van der Waals surface area contributed by atoms with Gasteiger partial charge in [0.2, 0.25) is 6.29 Å². The number of ether oxygens (including phenoxy) is 2. The smallest absolute Gasteiger partial charge is 0.370 e. The average molecular weight is 465 g/mol. The first kappa shape index (κ1) is 27.1. The molecule has 1 N–H and O–H groups in total. The van der Waals surface area contributed by atoms with Crippen molar-refractivity contribution in [1.82, 2.24) is 0 Å². The molecule has 0 aromatic rings. The Hall–Kier alpha value is -0.890. The third kappa shape index (κ3) is 14.2. The van der Waals surface area contributed by atoms with E-state index in [4.69, 9.17) is 18.2 Å². The normalized spacial score (nSPS) is 14.0. The lowest BCUT2D eigenvalue weighted by Crippen LogP contribution is -2.27. The van der Waals surface area contributed by atoms with E-state index in [1.54, 1.807) is 27.7 Å². The van der Waals surface area contributed by atoms with Gasteiger partial charge in [-0.2, -0.15) is 16.8 Å². The molecule has 0 saturated heterocycles. The summed E-state index contributed by atoms with van der Waals surface area (Å²) in [5.41, 5.74) is -0.725. The number of esters is 1. The van der Waals surface area contributed by atoms with E-state index in [0.29, 0.717) is 0 Å². The summed E-state index contributed by atoms with van der Waals surface area (Å²) in [5, 5.41) is -0.687. The van der Waals surface area contributed by atoms with Gasteiger partial charge in [0, 0.05) is 12.7 Å². The van der Waals surface area contributed by atoms with E-state index < -0.39 is 54.7 Å². The number of rotatable bonds is 12. The minimum absolute atomic E-state index is 0.164. The average Bonchev–Trinajstić information content (AvgIpc) is 2.49. The highest BCUT2D eigenvalue weighted by Gasteiger charge is 2.25. The molecule has 0 aliphatic rings. The van der Waals surface area contributed by atoms with E-state index >= 15 is 0 Å². The first-order chi connectivity index (χ1) is 12.5. The predicted molar refractivity (Wildman–Crippen MR) is 104 cm³/mol. The van der Waals surface area contributed by atoms with Gasteiger partial charge in [-0.1, -0.05) is 27.7 Å². The topological polar surface area (TPSA) is 150 Å². The molecule has 13 heteroatoms. The molecule has 0 aromatic heterocycles. The third-order valence-corrected chi connectivity index (χ3v) is 6.35. The molecular formula is C15H28O10S3. The zero-order valence-corrected chi connectivity index (χ0v) is 19.0. The SMILES string of the molecule is CC(OC(=O)SCC(C)(C)COS(=O)(=O)CCCS(=O)(=O)O)OC(=O)C(C)C. The zero-order valence-electron chi connectivity index (χ0n) is 16.5. The van der Waals surface area contributed by atoms with Crippen LogP contribution in [0.1, 0.15) is 41.0 Å². The number of thioether (sulfide) groups is 1. The van der Waals surface area contributed by atoms with Gasteiger partial charge in [-0.25, -0.2) is 4.79 Å². The number of hydrogen-bond acceptors (Lipinski definition) is 10. The lowest BCUT2D eigenvalue weighted by Gasteiger charge is -2.23. The van der Waals surface area contributed by atoms with E-state index in [9.17, 15) is 26.4 Å². The maximum Gasteiger partial charge on any atom is 0.370 e. The summed E-state index contributed by atoms with van der Waals surface area (Å²) >= 11 is 0.779. The molecule has 0 heterocycles. The van der Waals surface area contributed by atoms with Crippen molar-refractivity contribution >= 4 is 43.3 Å². The highest BCUT2D eigenvalue weighted by atomic mass is 32.2. The van der Waals surface area contributed by atoms with Gasteiger partial charge in [-0.05, 0) is 23.6 Å². The standard InChI is InChI=1S/C15H28O10S3/c1-11(2)13(16)24-12(3)25-14(17)26-10-15(4,5)9-23-28(21,22)8-6-7-27(18,19)20/h11-12H,6-10H2,1-5H3,(H,18,19,20). The van der Waals surface area contributed by atoms with Crippen molar-refractivity contribution in [2.24, 2.45) is 11.3 Å². The summed E-state index contributed by atoms with van der Waals surface area (Å²) in [4.78, 5) is 23.2. The second-order valence-corrected chi connectivity index (χ2v) is 11.4. The van der Waals surface area contributed by atoms with Crippen LogP contribution in [0.15, 0.2) is 0 Å². The molecule has 10 nitrogen and oxygen atoms in total.